The molecule has 3 aromatic rings. The molecule has 0 spiro atoms. The molecular weight excluding hydrogens is 462 g/mol. The zero-order valence-electron chi connectivity index (χ0n) is 20.1. The van der Waals surface area contributed by atoms with E-state index in [0.717, 1.165) is 23.3 Å². The standard InChI is InChI=1S/C27H31N3O4S/c1-20-8-10-21(11-9-20)28-27(32)29(15-16-33-2)18-26(31)30-14-12-25-23(13-17-35-25)24(30)19-34-22-6-4-3-5-7-22/h3-11,13,17,24H,12,14-16,18-19H2,1-2H3,(H,28,32). The molecule has 8 heteroatoms. The second-order valence-corrected chi connectivity index (χ2v) is 9.49. The molecule has 7 nitrogen and oxygen atoms in total. The number of nitrogens with one attached hydrogen (secondary N) is 1. The van der Waals surface area contributed by atoms with Crippen LogP contribution in [0.25, 0.3) is 0 Å². The Morgan fingerprint density at radius 3 is 2.63 bits per heavy atom. The summed E-state index contributed by atoms with van der Waals surface area (Å²) in [6.07, 6.45) is 0.800. The van der Waals surface area contributed by atoms with E-state index in [1.807, 2.05) is 66.4 Å². The molecule has 184 valence electrons. The Hall–Kier alpha value is -3.36. The van der Waals surface area contributed by atoms with Crippen molar-refractivity contribution < 1.29 is 19.1 Å². The number of nitrogens with zero attached hydrogens (tertiary/aromatic N) is 2. The van der Waals surface area contributed by atoms with Gasteiger partial charge < -0.3 is 24.6 Å². The number of amides is 3. The van der Waals surface area contributed by atoms with E-state index in [-0.39, 0.29) is 24.5 Å². The average Bonchev–Trinajstić information content (AvgIpc) is 3.36. The summed E-state index contributed by atoms with van der Waals surface area (Å²) in [5, 5.41) is 4.96. The molecule has 1 N–H and O–H groups in total. The van der Waals surface area contributed by atoms with Gasteiger partial charge in [-0.15, -0.1) is 11.3 Å². The highest BCUT2D eigenvalue weighted by Gasteiger charge is 2.33. The monoisotopic (exact) mass is 493 g/mol. The van der Waals surface area contributed by atoms with Gasteiger partial charge in [0.2, 0.25) is 5.91 Å². The normalized spacial score (nSPS) is 14.8. The molecule has 35 heavy (non-hydrogen) atoms. The fourth-order valence-electron chi connectivity index (χ4n) is 4.11. The van der Waals surface area contributed by atoms with Gasteiger partial charge in [0, 0.05) is 30.8 Å². The van der Waals surface area contributed by atoms with E-state index in [9.17, 15) is 9.59 Å². The molecule has 1 unspecified atom stereocenters. The molecule has 2 aromatic carbocycles. The van der Waals surface area contributed by atoms with E-state index in [4.69, 9.17) is 9.47 Å². The summed E-state index contributed by atoms with van der Waals surface area (Å²) in [4.78, 5) is 31.2. The Morgan fingerprint density at radius 1 is 1.11 bits per heavy atom. The van der Waals surface area contributed by atoms with Crippen LogP contribution in [0.1, 0.15) is 22.0 Å². The molecule has 0 saturated carbocycles. The minimum absolute atomic E-state index is 0.0393. The maximum Gasteiger partial charge on any atom is 0.322 e. The summed E-state index contributed by atoms with van der Waals surface area (Å²) < 4.78 is 11.3. The van der Waals surface area contributed by atoms with E-state index < -0.39 is 0 Å². The highest BCUT2D eigenvalue weighted by molar-refractivity contribution is 7.10. The highest BCUT2D eigenvalue weighted by Crippen LogP contribution is 2.34. The third-order valence-electron chi connectivity index (χ3n) is 6.05. The molecule has 0 radical (unpaired) electrons. The number of rotatable bonds is 9. The number of methoxy groups -OCH3 is 1. The number of carbonyl (C=O) groups excluding carboxylic acids is 2. The lowest BCUT2D eigenvalue weighted by molar-refractivity contribution is -0.135. The number of urea groups is 1. The van der Waals surface area contributed by atoms with Crippen molar-refractivity contribution in [3.63, 3.8) is 0 Å². The van der Waals surface area contributed by atoms with Gasteiger partial charge in [-0.05, 0) is 54.6 Å². The van der Waals surface area contributed by atoms with Crippen molar-refractivity contribution >= 4 is 29.0 Å². The number of para-hydroxylation sites is 1. The predicted octanol–water partition coefficient (Wildman–Crippen LogP) is 4.74. The third-order valence-corrected chi connectivity index (χ3v) is 7.04. The van der Waals surface area contributed by atoms with Crippen LogP contribution in [-0.2, 0) is 16.0 Å². The number of thiophene rings is 1. The lowest BCUT2D eigenvalue weighted by atomic mass is 10.0. The first kappa shape index (κ1) is 24.8. The van der Waals surface area contributed by atoms with Crippen molar-refractivity contribution in [3.8, 4) is 5.75 Å². The molecule has 1 atom stereocenters. The van der Waals surface area contributed by atoms with Crippen LogP contribution in [0.15, 0.2) is 66.0 Å². The molecule has 0 fully saturated rings. The van der Waals surface area contributed by atoms with Crippen LogP contribution < -0.4 is 10.1 Å². The Balaban J connectivity index is 1.47. The van der Waals surface area contributed by atoms with Gasteiger partial charge in [0.15, 0.2) is 0 Å². The largest absolute Gasteiger partial charge is 0.491 e. The lowest BCUT2D eigenvalue weighted by Crippen LogP contribution is -2.49. The molecule has 1 aliphatic rings. The topological polar surface area (TPSA) is 71.1 Å². The first-order valence-electron chi connectivity index (χ1n) is 11.7. The summed E-state index contributed by atoms with van der Waals surface area (Å²) in [5.74, 6) is 0.653. The minimum Gasteiger partial charge on any atom is -0.491 e. The zero-order chi connectivity index (χ0) is 24.6. The van der Waals surface area contributed by atoms with Crippen LogP contribution in [0.3, 0.4) is 0 Å². The van der Waals surface area contributed by atoms with Crippen LogP contribution >= 0.6 is 11.3 Å². The number of hydrogen-bond acceptors (Lipinski definition) is 5. The molecular formula is C27H31N3O4S. The van der Waals surface area contributed by atoms with Gasteiger partial charge in [-0.25, -0.2) is 4.79 Å². The van der Waals surface area contributed by atoms with Crippen molar-refractivity contribution in [1.29, 1.82) is 0 Å². The molecule has 0 bridgehead atoms. The molecule has 4 rings (SSSR count). The van der Waals surface area contributed by atoms with Crippen molar-refractivity contribution in [2.75, 3.05) is 45.3 Å². The van der Waals surface area contributed by atoms with Crippen molar-refractivity contribution in [2.24, 2.45) is 0 Å². The number of hydrogen-bond donors (Lipinski definition) is 1. The summed E-state index contributed by atoms with van der Waals surface area (Å²) in [6, 6.07) is 18.7. The Labute approximate surface area is 210 Å². The smallest absolute Gasteiger partial charge is 0.322 e. The van der Waals surface area contributed by atoms with Crippen LogP contribution in [0.2, 0.25) is 0 Å². The van der Waals surface area contributed by atoms with E-state index in [2.05, 4.69) is 16.8 Å². The zero-order valence-corrected chi connectivity index (χ0v) is 20.9. The number of carbonyl (C=O) groups is 2. The average molecular weight is 494 g/mol. The highest BCUT2D eigenvalue weighted by atomic mass is 32.1. The van der Waals surface area contributed by atoms with Gasteiger partial charge in [-0.2, -0.15) is 0 Å². The van der Waals surface area contributed by atoms with Gasteiger partial charge >= 0.3 is 6.03 Å². The number of anilines is 1. The predicted molar refractivity (Wildman–Crippen MR) is 138 cm³/mol. The van der Waals surface area contributed by atoms with Gasteiger partial charge in [-0.1, -0.05) is 35.9 Å². The third kappa shape index (κ3) is 6.41. The number of fused-ring (bicyclic) bond motifs is 1. The summed E-state index contributed by atoms with van der Waals surface area (Å²) in [7, 11) is 1.58. The van der Waals surface area contributed by atoms with E-state index in [1.165, 1.54) is 9.78 Å². The van der Waals surface area contributed by atoms with E-state index >= 15 is 0 Å². The molecule has 3 amide bonds. The van der Waals surface area contributed by atoms with Gasteiger partial charge in [0.1, 0.15) is 18.9 Å². The maximum atomic E-state index is 13.5. The van der Waals surface area contributed by atoms with Gasteiger partial charge in [0.05, 0.1) is 12.6 Å². The van der Waals surface area contributed by atoms with Crippen LogP contribution in [0.4, 0.5) is 10.5 Å². The van der Waals surface area contributed by atoms with Crippen LogP contribution in [-0.4, -0.2) is 61.7 Å². The van der Waals surface area contributed by atoms with E-state index in [1.54, 1.807) is 18.4 Å². The Bertz CT molecular complexity index is 1120. The Kier molecular flexibility index (Phi) is 8.39. The van der Waals surface area contributed by atoms with Crippen LogP contribution in [0.5, 0.6) is 5.75 Å². The number of ether oxygens (including phenoxy) is 2. The number of benzene rings is 2. The molecule has 0 saturated heterocycles. The van der Waals surface area contributed by atoms with Gasteiger partial charge in [-0.3, -0.25) is 4.79 Å². The molecule has 2 heterocycles. The minimum atomic E-state index is -0.329. The van der Waals surface area contributed by atoms with Crippen molar-refractivity contribution in [3.05, 3.63) is 82.0 Å². The second-order valence-electron chi connectivity index (χ2n) is 8.49. The summed E-state index contributed by atoms with van der Waals surface area (Å²) >= 11 is 1.71. The van der Waals surface area contributed by atoms with E-state index in [0.29, 0.717) is 32.0 Å². The SMILES string of the molecule is COCCN(CC(=O)N1CCc2sccc2C1COc1ccccc1)C(=O)Nc1ccc(C)cc1. The summed E-state index contributed by atoms with van der Waals surface area (Å²) in [6.45, 7) is 3.54. The van der Waals surface area contributed by atoms with Crippen LogP contribution in [0, 0.1) is 6.92 Å². The maximum absolute atomic E-state index is 13.5. The quantitative estimate of drug-likeness (QED) is 0.467. The first-order valence-corrected chi connectivity index (χ1v) is 12.6. The molecule has 1 aromatic heterocycles. The number of aryl methyl sites for hydroxylation is 1. The second kappa shape index (κ2) is 11.9. The fraction of sp³-hybridized carbons (Fsp3) is 0.333. The molecule has 0 aliphatic carbocycles. The van der Waals surface area contributed by atoms with Gasteiger partial charge in [0.25, 0.3) is 0 Å². The Morgan fingerprint density at radius 2 is 1.89 bits per heavy atom. The summed E-state index contributed by atoms with van der Waals surface area (Å²) in [5.41, 5.74) is 2.92. The van der Waals surface area contributed by atoms with Crippen molar-refractivity contribution in [2.45, 2.75) is 19.4 Å². The lowest BCUT2D eigenvalue weighted by Gasteiger charge is -2.37. The fourth-order valence-corrected chi connectivity index (χ4v) is 5.04. The van der Waals surface area contributed by atoms with Crippen molar-refractivity contribution in [1.82, 2.24) is 9.80 Å². The molecule has 1 aliphatic heterocycles. The first-order chi connectivity index (χ1) is 17.0.